The van der Waals surface area contributed by atoms with Crippen molar-refractivity contribution in [3.05, 3.63) is 5.92 Å². The molecule has 1 atom stereocenters. The van der Waals surface area contributed by atoms with Crippen molar-refractivity contribution in [3.8, 4) is 0 Å². The normalized spacial score (nSPS) is 13.7. The van der Waals surface area contributed by atoms with Gasteiger partial charge in [0.25, 0.3) is 0 Å². The molecule has 0 saturated heterocycles. The molecule has 0 radical (unpaired) electrons. The third kappa shape index (κ3) is 5.06. The average molecular weight is 120 g/mol. The molecule has 0 amide bonds. The van der Waals surface area contributed by atoms with Crippen molar-refractivity contribution >= 4 is 0 Å². The monoisotopic (exact) mass is 120 g/mol. The van der Waals surface area contributed by atoms with Crippen molar-refractivity contribution in [2.24, 2.45) is 11.8 Å². The molecule has 50 valence electrons. The quantitative estimate of drug-likeness (QED) is 0.352. The SMILES string of the molecule is C[C-](C)C(C)C(C)C.[Li+]. The van der Waals surface area contributed by atoms with Gasteiger partial charge in [-0.05, 0) is 0 Å². The Bertz CT molecular complexity index is 49.6. The molecule has 9 heavy (non-hydrogen) atoms. The van der Waals surface area contributed by atoms with Crippen LogP contribution >= 0.6 is 0 Å². The van der Waals surface area contributed by atoms with Crippen LogP contribution < -0.4 is 18.9 Å². The van der Waals surface area contributed by atoms with Crippen LogP contribution in [-0.2, 0) is 0 Å². The van der Waals surface area contributed by atoms with Crippen LogP contribution in [0.2, 0.25) is 0 Å². The first kappa shape index (κ1) is 12.3. The Morgan fingerprint density at radius 3 is 1.33 bits per heavy atom. The van der Waals surface area contributed by atoms with Crippen molar-refractivity contribution in [3.63, 3.8) is 0 Å². The predicted octanol–water partition coefficient (Wildman–Crippen LogP) is -0.103. The van der Waals surface area contributed by atoms with E-state index >= 15 is 0 Å². The molecule has 0 saturated carbocycles. The van der Waals surface area contributed by atoms with Crippen LogP contribution in [0.25, 0.3) is 0 Å². The van der Waals surface area contributed by atoms with E-state index in [9.17, 15) is 0 Å². The summed E-state index contributed by atoms with van der Waals surface area (Å²) in [5.41, 5.74) is 0. The molecule has 0 rings (SSSR count). The molecule has 1 unspecified atom stereocenters. The Balaban J connectivity index is 0. The molecule has 1 heteroatoms. The van der Waals surface area contributed by atoms with Gasteiger partial charge in [0.05, 0.1) is 0 Å². The standard InChI is InChI=1S/C8H17.Li/c1-6(2)8(5)7(3)4;/h6,8H,1-5H3;/q-1;+1. The summed E-state index contributed by atoms with van der Waals surface area (Å²) < 4.78 is 0. The minimum Gasteiger partial charge on any atom is -0.317 e. The first-order valence-corrected chi connectivity index (χ1v) is 3.35. The smallest absolute Gasteiger partial charge is 0.317 e. The van der Waals surface area contributed by atoms with Gasteiger partial charge < -0.3 is 5.92 Å². The summed E-state index contributed by atoms with van der Waals surface area (Å²) in [6, 6.07) is 0. The zero-order chi connectivity index (χ0) is 6.73. The van der Waals surface area contributed by atoms with Crippen LogP contribution in [-0.4, -0.2) is 0 Å². The molecular weight excluding hydrogens is 103 g/mol. The maximum absolute atomic E-state index is 2.28. The summed E-state index contributed by atoms with van der Waals surface area (Å²) in [5, 5.41) is 0. The number of hydrogen-bond acceptors (Lipinski definition) is 0. The fourth-order valence-electron chi connectivity index (χ4n) is 0.667. The number of hydrogen-bond donors (Lipinski definition) is 0. The van der Waals surface area contributed by atoms with Gasteiger partial charge in [-0.25, -0.2) is 0 Å². The third-order valence-corrected chi connectivity index (χ3v) is 1.91. The van der Waals surface area contributed by atoms with Gasteiger partial charge in [-0.1, -0.05) is 26.7 Å². The second kappa shape index (κ2) is 5.39. The summed E-state index contributed by atoms with van der Waals surface area (Å²) >= 11 is 0. The molecule has 0 heterocycles. The van der Waals surface area contributed by atoms with Crippen LogP contribution in [0.5, 0.6) is 0 Å². The fraction of sp³-hybridized carbons (Fsp3) is 0.875. The molecule has 0 N–H and O–H groups in total. The summed E-state index contributed by atoms with van der Waals surface area (Å²) in [6.07, 6.45) is 0. The van der Waals surface area contributed by atoms with Gasteiger partial charge in [0.1, 0.15) is 0 Å². The van der Waals surface area contributed by atoms with Crippen molar-refractivity contribution in [1.82, 2.24) is 0 Å². The maximum atomic E-state index is 2.28. The average Bonchev–Trinajstić information content (AvgIpc) is 1.64. The minimum absolute atomic E-state index is 0. The molecule has 0 aliphatic rings. The molecule has 0 aromatic rings. The van der Waals surface area contributed by atoms with Crippen LogP contribution in [0.1, 0.15) is 34.6 Å². The Hall–Kier alpha value is 0.597. The minimum atomic E-state index is 0. The first-order chi connectivity index (χ1) is 3.55. The van der Waals surface area contributed by atoms with Gasteiger partial charge in [0, 0.05) is 0 Å². The molecule has 0 aromatic heterocycles. The topological polar surface area (TPSA) is 0 Å². The van der Waals surface area contributed by atoms with E-state index in [1.165, 1.54) is 0 Å². The fourth-order valence-corrected chi connectivity index (χ4v) is 0.667. The van der Waals surface area contributed by atoms with Gasteiger partial charge in [-0.3, -0.25) is 0 Å². The molecule has 0 spiro atoms. The maximum Gasteiger partial charge on any atom is 1.00 e. The first-order valence-electron chi connectivity index (χ1n) is 3.35. The van der Waals surface area contributed by atoms with E-state index in [2.05, 4.69) is 34.6 Å². The third-order valence-electron chi connectivity index (χ3n) is 1.91. The van der Waals surface area contributed by atoms with E-state index in [1.54, 1.807) is 5.92 Å². The van der Waals surface area contributed by atoms with E-state index in [0.717, 1.165) is 11.8 Å². The summed E-state index contributed by atoms with van der Waals surface area (Å²) in [6.45, 7) is 11.2. The van der Waals surface area contributed by atoms with Gasteiger partial charge >= 0.3 is 18.9 Å². The second-order valence-corrected chi connectivity index (χ2v) is 3.11. The van der Waals surface area contributed by atoms with Gasteiger partial charge in [0.15, 0.2) is 0 Å². The van der Waals surface area contributed by atoms with E-state index in [4.69, 9.17) is 0 Å². The van der Waals surface area contributed by atoms with Gasteiger partial charge in [0.2, 0.25) is 0 Å². The Morgan fingerprint density at radius 2 is 1.33 bits per heavy atom. The van der Waals surface area contributed by atoms with E-state index in [0.29, 0.717) is 0 Å². The summed E-state index contributed by atoms with van der Waals surface area (Å²) in [7, 11) is 0. The van der Waals surface area contributed by atoms with Gasteiger partial charge in [-0.15, -0.1) is 0 Å². The van der Waals surface area contributed by atoms with Crippen LogP contribution in [0.15, 0.2) is 0 Å². The van der Waals surface area contributed by atoms with E-state index < -0.39 is 0 Å². The zero-order valence-electron chi connectivity index (χ0n) is 7.65. The van der Waals surface area contributed by atoms with E-state index in [-0.39, 0.29) is 18.9 Å². The van der Waals surface area contributed by atoms with Crippen molar-refractivity contribution < 1.29 is 18.9 Å². The molecule has 0 aliphatic heterocycles. The Labute approximate surface area is 71.6 Å². The van der Waals surface area contributed by atoms with E-state index in [1.807, 2.05) is 0 Å². The number of rotatable bonds is 2. The van der Waals surface area contributed by atoms with Crippen LogP contribution in [0, 0.1) is 17.8 Å². The largest absolute Gasteiger partial charge is 1.00 e. The molecule has 0 aromatic carbocycles. The molecule has 0 fully saturated rings. The summed E-state index contributed by atoms with van der Waals surface area (Å²) in [5.74, 6) is 3.13. The molecule has 0 bridgehead atoms. The Kier molecular flexibility index (Phi) is 7.36. The molecule has 0 aliphatic carbocycles. The molecule has 0 nitrogen and oxygen atoms in total. The zero-order valence-corrected chi connectivity index (χ0v) is 7.65. The van der Waals surface area contributed by atoms with Gasteiger partial charge in [-0.2, -0.15) is 19.8 Å². The second-order valence-electron chi connectivity index (χ2n) is 3.11. The van der Waals surface area contributed by atoms with Crippen LogP contribution in [0.3, 0.4) is 0 Å². The van der Waals surface area contributed by atoms with Crippen molar-refractivity contribution in [2.75, 3.05) is 0 Å². The summed E-state index contributed by atoms with van der Waals surface area (Å²) in [4.78, 5) is 0. The van der Waals surface area contributed by atoms with Crippen molar-refractivity contribution in [1.29, 1.82) is 0 Å². The van der Waals surface area contributed by atoms with Crippen LogP contribution in [0.4, 0.5) is 0 Å². The van der Waals surface area contributed by atoms with Crippen molar-refractivity contribution in [2.45, 2.75) is 34.6 Å². The Morgan fingerprint density at radius 1 is 1.00 bits per heavy atom. The molecular formula is C8H17Li. The predicted molar refractivity (Wildman–Crippen MR) is 38.6 cm³/mol.